The first-order valence-corrected chi connectivity index (χ1v) is 6.00. The van der Waals surface area contributed by atoms with Gasteiger partial charge in [-0.2, -0.15) is 0 Å². The molecule has 0 fully saturated rings. The SMILES string of the molecule is NC(CCCNC(=O)c1ccc(Cl)c(Cl)c1)=NO. The third-order valence-electron chi connectivity index (χ3n) is 2.21. The van der Waals surface area contributed by atoms with Crippen LogP contribution in [0, 0.1) is 0 Å². The molecular formula is C11H13Cl2N3O2. The first kappa shape index (κ1) is 14.6. The Morgan fingerprint density at radius 3 is 2.72 bits per heavy atom. The number of nitrogens with two attached hydrogens (primary N) is 1. The second-order valence-electron chi connectivity index (χ2n) is 3.58. The summed E-state index contributed by atoms with van der Waals surface area (Å²) in [5, 5.41) is 14.6. The van der Waals surface area contributed by atoms with Crippen LogP contribution < -0.4 is 11.1 Å². The fourth-order valence-corrected chi connectivity index (χ4v) is 1.56. The van der Waals surface area contributed by atoms with E-state index in [1.165, 1.54) is 6.07 Å². The van der Waals surface area contributed by atoms with Crippen LogP contribution in [0.2, 0.25) is 10.0 Å². The van der Waals surface area contributed by atoms with Gasteiger partial charge in [-0.1, -0.05) is 28.4 Å². The van der Waals surface area contributed by atoms with Crippen LogP contribution in [0.5, 0.6) is 0 Å². The van der Waals surface area contributed by atoms with E-state index in [1.807, 2.05) is 0 Å². The number of hydrogen-bond acceptors (Lipinski definition) is 3. The number of nitrogens with zero attached hydrogens (tertiary/aromatic N) is 1. The van der Waals surface area contributed by atoms with Crippen molar-refractivity contribution < 1.29 is 10.0 Å². The molecule has 5 nitrogen and oxygen atoms in total. The maximum atomic E-state index is 11.7. The molecule has 98 valence electrons. The van der Waals surface area contributed by atoms with Gasteiger partial charge in [0.25, 0.3) is 5.91 Å². The van der Waals surface area contributed by atoms with Crippen molar-refractivity contribution in [2.24, 2.45) is 10.9 Å². The van der Waals surface area contributed by atoms with Crippen molar-refractivity contribution in [1.29, 1.82) is 0 Å². The van der Waals surface area contributed by atoms with E-state index in [0.717, 1.165) is 0 Å². The Kier molecular flexibility index (Phi) is 5.74. The highest BCUT2D eigenvalue weighted by molar-refractivity contribution is 6.42. The Bertz CT molecular complexity index is 464. The van der Waals surface area contributed by atoms with Crippen LogP contribution >= 0.6 is 23.2 Å². The highest BCUT2D eigenvalue weighted by atomic mass is 35.5. The van der Waals surface area contributed by atoms with Gasteiger partial charge in [-0.15, -0.1) is 0 Å². The molecule has 1 rings (SSSR count). The summed E-state index contributed by atoms with van der Waals surface area (Å²) in [6.07, 6.45) is 1.00. The monoisotopic (exact) mass is 289 g/mol. The summed E-state index contributed by atoms with van der Waals surface area (Å²) in [7, 11) is 0. The quantitative estimate of drug-likeness (QED) is 0.255. The summed E-state index contributed by atoms with van der Waals surface area (Å²) in [5.74, 6) is -0.105. The maximum absolute atomic E-state index is 11.7. The van der Waals surface area contributed by atoms with Crippen molar-refractivity contribution in [3.05, 3.63) is 33.8 Å². The number of carbonyl (C=O) groups excluding carboxylic acids is 1. The molecule has 0 saturated heterocycles. The Morgan fingerprint density at radius 1 is 1.39 bits per heavy atom. The Hall–Kier alpha value is -1.46. The molecule has 0 spiro atoms. The molecule has 0 atom stereocenters. The molecule has 0 bridgehead atoms. The number of amides is 1. The molecule has 0 aromatic heterocycles. The van der Waals surface area contributed by atoms with Crippen LogP contribution in [-0.4, -0.2) is 23.5 Å². The van der Waals surface area contributed by atoms with Crippen molar-refractivity contribution in [1.82, 2.24) is 5.32 Å². The van der Waals surface area contributed by atoms with Gasteiger partial charge in [0.1, 0.15) is 5.84 Å². The molecule has 0 aliphatic heterocycles. The third-order valence-corrected chi connectivity index (χ3v) is 2.94. The number of benzene rings is 1. The minimum atomic E-state index is -0.243. The average Bonchev–Trinajstić information content (AvgIpc) is 2.37. The zero-order chi connectivity index (χ0) is 13.5. The number of oxime groups is 1. The van der Waals surface area contributed by atoms with Crippen LogP contribution in [0.15, 0.2) is 23.4 Å². The predicted molar refractivity (Wildman–Crippen MR) is 71.4 cm³/mol. The van der Waals surface area contributed by atoms with E-state index in [4.69, 9.17) is 34.1 Å². The van der Waals surface area contributed by atoms with Crippen LogP contribution in [0.25, 0.3) is 0 Å². The lowest BCUT2D eigenvalue weighted by molar-refractivity contribution is 0.0953. The van der Waals surface area contributed by atoms with Gasteiger partial charge in [-0.3, -0.25) is 4.79 Å². The molecule has 0 aliphatic rings. The number of rotatable bonds is 5. The zero-order valence-corrected chi connectivity index (χ0v) is 11.0. The third kappa shape index (κ3) is 4.43. The second kappa shape index (κ2) is 7.08. The largest absolute Gasteiger partial charge is 0.409 e. The summed E-state index contributed by atoms with van der Waals surface area (Å²) in [5.41, 5.74) is 5.73. The van der Waals surface area contributed by atoms with Gasteiger partial charge in [0.2, 0.25) is 0 Å². The lowest BCUT2D eigenvalue weighted by Gasteiger charge is -2.05. The van der Waals surface area contributed by atoms with E-state index in [2.05, 4.69) is 10.5 Å². The molecule has 1 aromatic carbocycles. The van der Waals surface area contributed by atoms with Gasteiger partial charge in [-0.25, -0.2) is 0 Å². The fourth-order valence-electron chi connectivity index (χ4n) is 1.26. The number of carbonyl (C=O) groups is 1. The summed E-state index contributed by atoms with van der Waals surface area (Å²) in [6.45, 7) is 0.426. The molecule has 0 saturated carbocycles. The summed E-state index contributed by atoms with van der Waals surface area (Å²) in [6, 6.07) is 4.66. The number of hydrogen-bond donors (Lipinski definition) is 3. The summed E-state index contributed by atoms with van der Waals surface area (Å²) >= 11 is 11.6. The number of halogens is 2. The van der Waals surface area contributed by atoms with Gasteiger partial charge < -0.3 is 16.3 Å². The Morgan fingerprint density at radius 2 is 2.11 bits per heavy atom. The average molecular weight is 290 g/mol. The van der Waals surface area contributed by atoms with Crippen LogP contribution in [-0.2, 0) is 0 Å². The highest BCUT2D eigenvalue weighted by Gasteiger charge is 2.07. The van der Waals surface area contributed by atoms with Gasteiger partial charge in [0, 0.05) is 18.5 Å². The zero-order valence-electron chi connectivity index (χ0n) is 9.49. The van der Waals surface area contributed by atoms with Crippen LogP contribution in [0.1, 0.15) is 23.2 Å². The summed E-state index contributed by atoms with van der Waals surface area (Å²) in [4.78, 5) is 11.7. The van der Waals surface area contributed by atoms with E-state index in [9.17, 15) is 4.79 Å². The Labute approximate surface area is 115 Å². The smallest absolute Gasteiger partial charge is 0.251 e. The number of nitrogens with one attached hydrogen (secondary N) is 1. The second-order valence-corrected chi connectivity index (χ2v) is 4.39. The lowest BCUT2D eigenvalue weighted by atomic mass is 10.2. The molecule has 0 aliphatic carbocycles. The van der Waals surface area contributed by atoms with Crippen molar-refractivity contribution in [2.45, 2.75) is 12.8 Å². The minimum Gasteiger partial charge on any atom is -0.409 e. The molecule has 0 radical (unpaired) electrons. The number of amidine groups is 1. The standard InChI is InChI=1S/C11H13Cl2N3O2/c12-8-4-3-7(6-9(8)13)11(17)15-5-1-2-10(14)16-18/h3-4,6,18H,1-2,5H2,(H2,14,16)(H,15,17). The van der Waals surface area contributed by atoms with Crippen LogP contribution in [0.4, 0.5) is 0 Å². The van der Waals surface area contributed by atoms with E-state index < -0.39 is 0 Å². The Balaban J connectivity index is 2.43. The first-order valence-electron chi connectivity index (χ1n) is 5.24. The topological polar surface area (TPSA) is 87.7 Å². The molecule has 18 heavy (non-hydrogen) atoms. The summed E-state index contributed by atoms with van der Waals surface area (Å²) < 4.78 is 0. The minimum absolute atomic E-state index is 0.138. The molecule has 1 amide bonds. The van der Waals surface area contributed by atoms with Crippen molar-refractivity contribution >= 4 is 34.9 Å². The molecule has 7 heteroatoms. The highest BCUT2D eigenvalue weighted by Crippen LogP contribution is 2.22. The van der Waals surface area contributed by atoms with Gasteiger partial charge in [-0.05, 0) is 24.6 Å². The van der Waals surface area contributed by atoms with E-state index in [1.54, 1.807) is 12.1 Å². The molecule has 1 aromatic rings. The predicted octanol–water partition coefficient (Wildman–Crippen LogP) is 2.25. The molecular weight excluding hydrogens is 277 g/mol. The molecule has 4 N–H and O–H groups in total. The van der Waals surface area contributed by atoms with Crippen molar-refractivity contribution in [3.63, 3.8) is 0 Å². The van der Waals surface area contributed by atoms with Crippen molar-refractivity contribution in [3.8, 4) is 0 Å². The molecule has 0 unspecified atom stereocenters. The molecule has 0 heterocycles. The first-order chi connectivity index (χ1) is 8.54. The fraction of sp³-hybridized carbons (Fsp3) is 0.273. The normalized spacial score (nSPS) is 11.3. The van der Waals surface area contributed by atoms with Gasteiger partial charge in [0.15, 0.2) is 0 Å². The van der Waals surface area contributed by atoms with Crippen molar-refractivity contribution in [2.75, 3.05) is 6.54 Å². The van der Waals surface area contributed by atoms with Crippen LogP contribution in [0.3, 0.4) is 0 Å². The maximum Gasteiger partial charge on any atom is 0.251 e. The van der Waals surface area contributed by atoms with E-state index in [-0.39, 0.29) is 11.7 Å². The van der Waals surface area contributed by atoms with Gasteiger partial charge in [0.05, 0.1) is 10.0 Å². The van der Waals surface area contributed by atoms with E-state index >= 15 is 0 Å². The lowest BCUT2D eigenvalue weighted by Crippen LogP contribution is -2.25. The van der Waals surface area contributed by atoms with E-state index in [0.29, 0.717) is 35.0 Å². The van der Waals surface area contributed by atoms with Gasteiger partial charge >= 0.3 is 0 Å².